The molecular weight excluding hydrogens is 441 g/mol. The van der Waals surface area contributed by atoms with Crippen molar-refractivity contribution in [2.45, 2.75) is 6.54 Å². The highest BCUT2D eigenvalue weighted by Crippen LogP contribution is 2.22. The van der Waals surface area contributed by atoms with Gasteiger partial charge in [0.2, 0.25) is 0 Å². The molecule has 2 amide bonds. The average Bonchev–Trinajstić information content (AvgIpc) is 3.37. The molecule has 0 radical (unpaired) electrons. The van der Waals surface area contributed by atoms with Gasteiger partial charge >= 0.3 is 17.5 Å². The van der Waals surface area contributed by atoms with Crippen LogP contribution in [-0.2, 0) is 6.54 Å². The summed E-state index contributed by atoms with van der Waals surface area (Å²) in [5.41, 5.74) is 0.149. The third-order valence-electron chi connectivity index (χ3n) is 3.67. The Morgan fingerprint density at radius 3 is 2.57 bits per heavy atom. The van der Waals surface area contributed by atoms with Crippen LogP contribution in [0.1, 0.15) is 26.9 Å². The Bertz CT molecular complexity index is 1100. The Labute approximate surface area is 178 Å². The highest BCUT2D eigenvalue weighted by atomic mass is 35.5. The minimum Gasteiger partial charge on any atom is -0.350 e. The van der Waals surface area contributed by atoms with Gasteiger partial charge in [0.05, 0.1) is 15.0 Å². The Balaban J connectivity index is 1.45. The lowest BCUT2D eigenvalue weighted by molar-refractivity contribution is -0.385. The summed E-state index contributed by atoms with van der Waals surface area (Å²) in [6.45, 7) is 0.238. The second kappa shape index (κ2) is 9.33. The van der Waals surface area contributed by atoms with Crippen LogP contribution in [0.4, 0.5) is 5.69 Å². The summed E-state index contributed by atoms with van der Waals surface area (Å²) in [4.78, 5) is 38.0. The van der Waals surface area contributed by atoms with Gasteiger partial charge < -0.3 is 15.2 Å². The van der Waals surface area contributed by atoms with Crippen LogP contribution < -0.4 is 10.6 Å². The minimum absolute atomic E-state index is 0.00959. The first-order valence-electron chi connectivity index (χ1n) is 8.34. The summed E-state index contributed by atoms with van der Waals surface area (Å²) in [5, 5.41) is 23.8. The van der Waals surface area contributed by atoms with Crippen molar-refractivity contribution < 1.29 is 19.0 Å². The molecule has 2 N–H and O–H groups in total. The quantitative estimate of drug-likeness (QED) is 0.296. The second-order valence-electron chi connectivity index (χ2n) is 5.81. The summed E-state index contributed by atoms with van der Waals surface area (Å²) in [6, 6.07) is 4.47. The van der Waals surface area contributed by atoms with Gasteiger partial charge in [-0.05, 0) is 18.2 Å². The van der Waals surface area contributed by atoms with E-state index in [0.717, 1.165) is 6.20 Å². The number of nitro groups is 1. The van der Waals surface area contributed by atoms with E-state index in [0.29, 0.717) is 10.6 Å². The van der Waals surface area contributed by atoms with Gasteiger partial charge in [0.15, 0.2) is 5.82 Å². The molecule has 0 spiro atoms. The lowest BCUT2D eigenvalue weighted by atomic mass is 10.2. The normalized spacial score (nSPS) is 10.6. The minimum atomic E-state index is -0.635. The highest BCUT2D eigenvalue weighted by Gasteiger charge is 2.16. The Morgan fingerprint density at radius 2 is 1.90 bits per heavy atom. The molecule has 1 aromatic carbocycles. The van der Waals surface area contributed by atoms with Crippen molar-refractivity contribution in [2.24, 2.45) is 0 Å². The van der Waals surface area contributed by atoms with Gasteiger partial charge in [-0.2, -0.15) is 10.1 Å². The maximum atomic E-state index is 12.0. The van der Waals surface area contributed by atoms with Crippen LogP contribution in [0.3, 0.4) is 0 Å². The standard InChI is InChI=1S/C16H13Cl2N7O5/c17-11-2-1-9(5-12(11)18)14(26)19-3-4-20-15(27)16-22-13(23-30-16)8-24-7-10(6-21-24)25(28)29/h1-2,5-7H,3-4,8H2,(H,19,26)(H,20,27). The van der Waals surface area contributed by atoms with Gasteiger partial charge in [0.25, 0.3) is 5.91 Å². The molecule has 0 saturated heterocycles. The molecule has 156 valence electrons. The number of hydrogen-bond donors (Lipinski definition) is 2. The SMILES string of the molecule is O=C(NCCNC(=O)c1nc(Cn2cc([N+](=O)[O-])cn2)no1)c1ccc(Cl)c(Cl)c1. The monoisotopic (exact) mass is 453 g/mol. The zero-order valence-corrected chi connectivity index (χ0v) is 16.6. The van der Waals surface area contributed by atoms with Crippen LogP contribution in [0.5, 0.6) is 0 Å². The van der Waals surface area contributed by atoms with E-state index < -0.39 is 10.8 Å². The van der Waals surface area contributed by atoms with Crippen molar-refractivity contribution >= 4 is 40.7 Å². The molecule has 12 nitrogen and oxygen atoms in total. The first kappa shape index (κ1) is 21.2. The van der Waals surface area contributed by atoms with E-state index in [2.05, 4.69) is 25.9 Å². The van der Waals surface area contributed by atoms with Crippen LogP contribution in [0.15, 0.2) is 35.1 Å². The average molecular weight is 454 g/mol. The fourth-order valence-electron chi connectivity index (χ4n) is 2.26. The molecule has 3 rings (SSSR count). The Hall–Kier alpha value is -3.51. The number of carbonyl (C=O) groups is 2. The smallest absolute Gasteiger partial charge is 0.316 e. The predicted molar refractivity (Wildman–Crippen MR) is 103 cm³/mol. The lowest BCUT2D eigenvalue weighted by Gasteiger charge is -2.06. The first-order chi connectivity index (χ1) is 14.3. The van der Waals surface area contributed by atoms with Crippen LogP contribution in [-0.4, -0.2) is 49.7 Å². The molecule has 14 heteroatoms. The van der Waals surface area contributed by atoms with Crippen molar-refractivity contribution in [3.8, 4) is 0 Å². The number of halogens is 2. The van der Waals surface area contributed by atoms with E-state index in [1.54, 1.807) is 0 Å². The van der Waals surface area contributed by atoms with Crippen molar-refractivity contribution in [1.29, 1.82) is 0 Å². The van der Waals surface area contributed by atoms with Gasteiger partial charge in [-0.25, -0.2) is 0 Å². The molecule has 0 aliphatic carbocycles. The number of amides is 2. The molecule has 0 fully saturated rings. The number of nitrogens with one attached hydrogen (secondary N) is 2. The molecule has 3 aromatic rings. The van der Waals surface area contributed by atoms with Crippen molar-refractivity contribution in [2.75, 3.05) is 13.1 Å². The molecule has 0 bridgehead atoms. The molecule has 0 atom stereocenters. The third-order valence-corrected chi connectivity index (χ3v) is 4.41. The second-order valence-corrected chi connectivity index (χ2v) is 6.62. The van der Waals surface area contributed by atoms with E-state index in [9.17, 15) is 19.7 Å². The highest BCUT2D eigenvalue weighted by molar-refractivity contribution is 6.42. The zero-order valence-electron chi connectivity index (χ0n) is 15.0. The van der Waals surface area contributed by atoms with Gasteiger partial charge in [-0.15, -0.1) is 0 Å². The Kier molecular flexibility index (Phi) is 6.59. The fourth-order valence-corrected chi connectivity index (χ4v) is 2.55. The number of rotatable bonds is 8. The van der Waals surface area contributed by atoms with Crippen molar-refractivity contribution in [1.82, 2.24) is 30.6 Å². The van der Waals surface area contributed by atoms with Crippen molar-refractivity contribution in [3.05, 3.63) is 68.0 Å². The van der Waals surface area contributed by atoms with E-state index in [1.807, 2.05) is 0 Å². The fraction of sp³-hybridized carbons (Fsp3) is 0.188. The Morgan fingerprint density at radius 1 is 1.17 bits per heavy atom. The summed E-state index contributed by atoms with van der Waals surface area (Å²) < 4.78 is 6.10. The van der Waals surface area contributed by atoms with Gasteiger partial charge in [-0.1, -0.05) is 28.4 Å². The number of benzene rings is 1. The van der Waals surface area contributed by atoms with E-state index >= 15 is 0 Å². The van der Waals surface area contributed by atoms with Gasteiger partial charge in [-0.3, -0.25) is 24.4 Å². The summed E-state index contributed by atoms with van der Waals surface area (Å²) >= 11 is 11.7. The largest absolute Gasteiger partial charge is 0.350 e. The molecule has 0 aliphatic rings. The summed E-state index contributed by atoms with van der Waals surface area (Å²) in [7, 11) is 0. The topological polar surface area (TPSA) is 158 Å². The number of aromatic nitrogens is 4. The summed E-state index contributed by atoms with van der Waals surface area (Å²) in [6.07, 6.45) is 2.28. The summed E-state index contributed by atoms with van der Waals surface area (Å²) in [5.74, 6) is -1.19. The molecule has 0 unspecified atom stereocenters. The first-order valence-corrected chi connectivity index (χ1v) is 9.10. The zero-order chi connectivity index (χ0) is 21.7. The number of nitrogens with zero attached hydrogens (tertiary/aromatic N) is 5. The predicted octanol–water partition coefficient (Wildman–Crippen LogP) is 1.69. The van der Waals surface area contributed by atoms with E-state index in [-0.39, 0.29) is 48.0 Å². The van der Waals surface area contributed by atoms with Crippen LogP contribution in [0.25, 0.3) is 0 Å². The van der Waals surface area contributed by atoms with Crippen molar-refractivity contribution in [3.63, 3.8) is 0 Å². The van der Waals surface area contributed by atoms with Crippen LogP contribution in [0, 0.1) is 10.1 Å². The molecule has 0 saturated carbocycles. The molecule has 2 heterocycles. The van der Waals surface area contributed by atoms with E-state index in [1.165, 1.54) is 29.1 Å². The maximum Gasteiger partial charge on any atom is 0.316 e. The molecule has 0 aliphatic heterocycles. The lowest BCUT2D eigenvalue weighted by Crippen LogP contribution is -2.34. The van der Waals surface area contributed by atoms with E-state index in [4.69, 9.17) is 27.7 Å². The van der Waals surface area contributed by atoms with Gasteiger partial charge in [0, 0.05) is 18.7 Å². The molecule has 2 aromatic heterocycles. The third kappa shape index (κ3) is 5.30. The molecular formula is C16H13Cl2N7O5. The van der Waals surface area contributed by atoms with Crippen LogP contribution >= 0.6 is 23.2 Å². The maximum absolute atomic E-state index is 12.0. The van der Waals surface area contributed by atoms with Gasteiger partial charge in [0.1, 0.15) is 18.9 Å². The number of hydrogen-bond acceptors (Lipinski definition) is 8. The number of carbonyl (C=O) groups excluding carboxylic acids is 2. The van der Waals surface area contributed by atoms with Crippen LogP contribution in [0.2, 0.25) is 10.0 Å². The molecule has 30 heavy (non-hydrogen) atoms.